The molecule has 0 bridgehead atoms. The van der Waals surface area contributed by atoms with Crippen LogP contribution in [-0.2, 0) is 4.79 Å². The first-order valence-corrected chi connectivity index (χ1v) is 12.1. The Morgan fingerprint density at radius 3 is 2.68 bits per heavy atom. The lowest BCUT2D eigenvalue weighted by Crippen LogP contribution is -2.21. The van der Waals surface area contributed by atoms with Crippen molar-refractivity contribution in [3.8, 4) is 5.75 Å². The minimum atomic E-state index is -0.404. The molecule has 1 N–H and O–H groups in total. The maximum absolute atomic E-state index is 13.2. The summed E-state index contributed by atoms with van der Waals surface area (Å²) in [5, 5.41) is 9.34. The highest BCUT2D eigenvalue weighted by molar-refractivity contribution is 9.10. The van der Waals surface area contributed by atoms with Gasteiger partial charge in [0.25, 0.3) is 11.5 Å². The van der Waals surface area contributed by atoms with Gasteiger partial charge < -0.3 is 10.1 Å². The summed E-state index contributed by atoms with van der Waals surface area (Å²) in [7, 11) is 0. The van der Waals surface area contributed by atoms with Gasteiger partial charge in [0.2, 0.25) is 0 Å². The van der Waals surface area contributed by atoms with Gasteiger partial charge in [0, 0.05) is 15.7 Å². The van der Waals surface area contributed by atoms with E-state index in [1.807, 2.05) is 36.4 Å². The van der Waals surface area contributed by atoms with Gasteiger partial charge in [0.1, 0.15) is 17.4 Å². The fraction of sp³-hybridized carbons (Fsp3) is 0.0714. The zero-order valence-electron chi connectivity index (χ0n) is 19.6. The van der Waals surface area contributed by atoms with E-state index in [-0.39, 0.29) is 12.2 Å². The van der Waals surface area contributed by atoms with E-state index < -0.39 is 11.7 Å². The fourth-order valence-electron chi connectivity index (χ4n) is 3.92. The summed E-state index contributed by atoms with van der Waals surface area (Å²) in [4.78, 5) is 30.1. The number of amides is 1. The largest absolute Gasteiger partial charge is 0.483 e. The number of fused-ring (bicyclic) bond motifs is 2. The van der Waals surface area contributed by atoms with Crippen LogP contribution in [0.3, 0.4) is 0 Å². The van der Waals surface area contributed by atoms with Crippen molar-refractivity contribution in [3.63, 3.8) is 0 Å². The van der Waals surface area contributed by atoms with Crippen molar-refractivity contribution in [2.75, 3.05) is 11.9 Å². The number of aromatic nitrogens is 2. The molecule has 1 aromatic heterocycles. The molecule has 4 aromatic carbocycles. The van der Waals surface area contributed by atoms with Gasteiger partial charge in [-0.05, 0) is 66.2 Å². The van der Waals surface area contributed by atoms with Gasteiger partial charge in [0.05, 0.1) is 17.1 Å². The Labute approximate surface area is 219 Å². The molecule has 1 amide bonds. The molecule has 5 aromatic rings. The Balaban J connectivity index is 1.48. The third kappa shape index (κ3) is 5.26. The molecule has 5 rings (SSSR count). The molecule has 0 aliphatic heterocycles. The molecule has 1 heterocycles. The topological polar surface area (TPSA) is 85.6 Å². The van der Waals surface area contributed by atoms with E-state index in [4.69, 9.17) is 4.74 Å². The van der Waals surface area contributed by atoms with Crippen LogP contribution in [0.1, 0.15) is 11.4 Å². The van der Waals surface area contributed by atoms with Crippen LogP contribution in [0.4, 0.5) is 10.1 Å². The summed E-state index contributed by atoms with van der Waals surface area (Å²) >= 11 is 3.39. The van der Waals surface area contributed by atoms with E-state index in [1.165, 1.54) is 35.2 Å². The molecular weight excluding hydrogens is 539 g/mol. The van der Waals surface area contributed by atoms with E-state index in [9.17, 15) is 14.0 Å². The van der Waals surface area contributed by atoms with Crippen molar-refractivity contribution >= 4 is 55.4 Å². The smallest absolute Gasteiger partial charge is 0.282 e. The lowest BCUT2D eigenvalue weighted by molar-refractivity contribution is -0.118. The van der Waals surface area contributed by atoms with E-state index in [1.54, 1.807) is 25.1 Å². The third-order valence-electron chi connectivity index (χ3n) is 5.69. The first-order valence-electron chi connectivity index (χ1n) is 11.3. The van der Waals surface area contributed by atoms with Crippen molar-refractivity contribution in [2.45, 2.75) is 6.92 Å². The molecule has 0 spiro atoms. The Bertz CT molecular complexity index is 1730. The van der Waals surface area contributed by atoms with Crippen molar-refractivity contribution in [2.24, 2.45) is 5.10 Å². The van der Waals surface area contributed by atoms with Crippen LogP contribution in [0, 0.1) is 12.7 Å². The van der Waals surface area contributed by atoms with Gasteiger partial charge in [-0.15, -0.1) is 0 Å². The number of halogens is 2. The van der Waals surface area contributed by atoms with E-state index in [0.29, 0.717) is 33.7 Å². The molecule has 0 saturated carbocycles. The first-order chi connectivity index (χ1) is 17.9. The van der Waals surface area contributed by atoms with Crippen LogP contribution >= 0.6 is 15.9 Å². The second-order valence-electron chi connectivity index (χ2n) is 8.22. The zero-order chi connectivity index (χ0) is 25.9. The average molecular weight is 559 g/mol. The van der Waals surface area contributed by atoms with Gasteiger partial charge in [-0.1, -0.05) is 46.3 Å². The maximum Gasteiger partial charge on any atom is 0.282 e. The number of carbonyl (C=O) groups is 1. The molecule has 0 unspecified atom stereocenters. The molecule has 7 nitrogen and oxygen atoms in total. The lowest BCUT2D eigenvalue weighted by Gasteiger charge is -2.12. The second kappa shape index (κ2) is 10.3. The van der Waals surface area contributed by atoms with Gasteiger partial charge in [-0.3, -0.25) is 9.59 Å². The summed E-state index contributed by atoms with van der Waals surface area (Å²) in [6.07, 6.45) is 1.54. The molecule has 9 heteroatoms. The Kier molecular flexibility index (Phi) is 6.78. The number of benzene rings is 4. The van der Waals surface area contributed by atoms with Crippen molar-refractivity contribution in [1.29, 1.82) is 0 Å². The highest BCUT2D eigenvalue weighted by atomic mass is 79.9. The van der Waals surface area contributed by atoms with Crippen LogP contribution in [-0.4, -0.2) is 28.4 Å². The highest BCUT2D eigenvalue weighted by Crippen LogP contribution is 2.27. The number of anilines is 1. The molecule has 0 radical (unpaired) electrons. The monoisotopic (exact) mass is 558 g/mol. The SMILES string of the molecule is Cc1nc2ccc(Br)cc2c(=O)n1N=Cc1c(OCC(=O)Nc2ccc(F)cc2)ccc2ccccc12. The minimum Gasteiger partial charge on any atom is -0.483 e. The lowest BCUT2D eigenvalue weighted by atomic mass is 10.0. The number of rotatable bonds is 6. The molecule has 0 aliphatic carbocycles. The van der Waals surface area contributed by atoms with Crippen molar-refractivity contribution in [3.05, 3.63) is 111 Å². The minimum absolute atomic E-state index is 0.277. The van der Waals surface area contributed by atoms with Crippen molar-refractivity contribution in [1.82, 2.24) is 9.66 Å². The van der Waals surface area contributed by atoms with E-state index in [0.717, 1.165) is 15.2 Å². The number of hydrogen-bond acceptors (Lipinski definition) is 5. The van der Waals surface area contributed by atoms with Crippen LogP contribution in [0.2, 0.25) is 0 Å². The Morgan fingerprint density at radius 2 is 1.86 bits per heavy atom. The standard InChI is InChI=1S/C28H20BrFN4O3/c1-17-32-25-12-7-19(29)14-23(25)28(36)34(17)31-15-24-22-5-3-2-4-18(22)6-13-26(24)37-16-27(35)33-21-10-8-20(30)9-11-21/h2-15H,16H2,1H3,(H,33,35). The van der Waals surface area contributed by atoms with Gasteiger partial charge in [-0.25, -0.2) is 9.37 Å². The number of nitrogens with one attached hydrogen (secondary N) is 1. The Hall–Kier alpha value is -4.37. The van der Waals surface area contributed by atoms with Crippen LogP contribution < -0.4 is 15.6 Å². The molecule has 184 valence electrons. The second-order valence-corrected chi connectivity index (χ2v) is 9.14. The van der Waals surface area contributed by atoms with Crippen LogP contribution in [0.5, 0.6) is 5.75 Å². The molecular formula is C28H20BrFN4O3. The predicted molar refractivity (Wildman–Crippen MR) is 146 cm³/mol. The third-order valence-corrected chi connectivity index (χ3v) is 6.18. The normalized spacial score (nSPS) is 11.3. The zero-order valence-corrected chi connectivity index (χ0v) is 21.2. The number of hydrogen-bond donors (Lipinski definition) is 1. The van der Waals surface area contributed by atoms with E-state index in [2.05, 4.69) is 31.3 Å². The quantitative estimate of drug-likeness (QED) is 0.272. The summed E-state index contributed by atoms with van der Waals surface area (Å²) < 4.78 is 21.0. The number of nitrogens with zero attached hydrogens (tertiary/aromatic N) is 3. The van der Waals surface area contributed by atoms with Crippen LogP contribution in [0.15, 0.2) is 93.2 Å². The summed E-state index contributed by atoms with van der Waals surface area (Å²) in [5.41, 5.74) is 1.34. The summed E-state index contributed by atoms with van der Waals surface area (Å²) in [6.45, 7) is 1.43. The predicted octanol–water partition coefficient (Wildman–Crippen LogP) is 5.66. The van der Waals surface area contributed by atoms with Crippen LogP contribution in [0.25, 0.3) is 21.7 Å². The first kappa shape index (κ1) is 24.3. The number of ether oxygens (including phenoxy) is 1. The maximum atomic E-state index is 13.2. The highest BCUT2D eigenvalue weighted by Gasteiger charge is 2.12. The average Bonchev–Trinajstić information content (AvgIpc) is 2.89. The fourth-order valence-corrected chi connectivity index (χ4v) is 4.28. The molecule has 37 heavy (non-hydrogen) atoms. The van der Waals surface area contributed by atoms with Gasteiger partial charge in [0.15, 0.2) is 6.61 Å². The van der Waals surface area contributed by atoms with Gasteiger partial charge >= 0.3 is 0 Å². The van der Waals surface area contributed by atoms with Crippen molar-refractivity contribution < 1.29 is 13.9 Å². The number of aryl methyl sites for hydroxylation is 1. The van der Waals surface area contributed by atoms with E-state index >= 15 is 0 Å². The molecule has 0 atom stereocenters. The molecule has 0 saturated heterocycles. The molecule has 0 aliphatic rings. The molecule has 0 fully saturated rings. The summed E-state index contributed by atoms with van der Waals surface area (Å²) in [6, 6.07) is 22.1. The van der Waals surface area contributed by atoms with Gasteiger partial charge in [-0.2, -0.15) is 9.78 Å². The summed E-state index contributed by atoms with van der Waals surface area (Å²) in [5.74, 6) is 0.0494. The number of carbonyl (C=O) groups excluding carboxylic acids is 1. The Morgan fingerprint density at radius 1 is 1.08 bits per heavy atom.